The Morgan fingerprint density at radius 3 is 2.41 bits per heavy atom. The summed E-state index contributed by atoms with van der Waals surface area (Å²) in [6.07, 6.45) is 11.4. The molecule has 2 aliphatic carbocycles. The molecule has 3 aliphatic rings. The van der Waals surface area contributed by atoms with E-state index in [4.69, 9.17) is 11.6 Å². The average molecular weight is 416 g/mol. The van der Waals surface area contributed by atoms with E-state index in [1.165, 1.54) is 31.5 Å². The first-order chi connectivity index (χ1) is 14.2. The first-order valence-corrected chi connectivity index (χ1v) is 11.8. The molecule has 0 atom stereocenters. The fraction of sp³-hybridized carbons (Fsp3) is 0.625. The number of nitrogens with zero attached hydrogens (tertiary/aromatic N) is 2. The molecule has 1 saturated heterocycles. The van der Waals surface area contributed by atoms with Gasteiger partial charge in [-0.25, -0.2) is 0 Å². The van der Waals surface area contributed by atoms with Crippen LogP contribution in [0.4, 0.5) is 5.69 Å². The van der Waals surface area contributed by atoms with Gasteiger partial charge in [-0.1, -0.05) is 17.7 Å². The van der Waals surface area contributed by atoms with Crippen LogP contribution in [0.5, 0.6) is 0 Å². The number of carbonyl (C=O) groups is 1. The van der Waals surface area contributed by atoms with Crippen LogP contribution in [0.15, 0.2) is 35.9 Å². The van der Waals surface area contributed by atoms with Gasteiger partial charge in [-0.05, 0) is 88.1 Å². The molecule has 4 rings (SSSR count). The first kappa shape index (κ1) is 20.7. The van der Waals surface area contributed by atoms with Crippen LogP contribution in [0.25, 0.3) is 0 Å². The van der Waals surface area contributed by atoms with Crippen LogP contribution in [0.1, 0.15) is 51.4 Å². The Balaban J connectivity index is 1.12. The molecule has 4 nitrogen and oxygen atoms in total. The molecular formula is C24H34ClN3O. The number of hydrogen-bond donors (Lipinski definition) is 1. The van der Waals surface area contributed by atoms with Gasteiger partial charge < -0.3 is 10.2 Å². The number of anilines is 1. The summed E-state index contributed by atoms with van der Waals surface area (Å²) in [6, 6.07) is 8.60. The van der Waals surface area contributed by atoms with Gasteiger partial charge in [0.2, 0.25) is 5.91 Å². The third-order valence-electron chi connectivity index (χ3n) is 6.93. The number of halogens is 1. The topological polar surface area (TPSA) is 35.6 Å². The second kappa shape index (κ2) is 9.99. The van der Waals surface area contributed by atoms with E-state index >= 15 is 0 Å². The second-order valence-corrected chi connectivity index (χ2v) is 9.34. The molecule has 1 N–H and O–H groups in total. The number of piperazine rings is 1. The lowest BCUT2D eigenvalue weighted by Crippen LogP contribution is -2.47. The normalized spacial score (nSPS) is 25.7. The van der Waals surface area contributed by atoms with Gasteiger partial charge in [0.25, 0.3) is 0 Å². The summed E-state index contributed by atoms with van der Waals surface area (Å²) in [5.41, 5.74) is 2.30. The summed E-state index contributed by atoms with van der Waals surface area (Å²) in [4.78, 5) is 17.4. The molecule has 1 amide bonds. The standard InChI is InChI=1S/C24H34ClN3O/c25-21-7-11-23(12-8-21)28-17-15-27(16-18-28)14-13-19-5-9-22(10-6-19)26-24(29)20-3-1-2-4-20/h3,7-8,11-12,19,22H,1-2,4-6,9-10,13-18H2,(H,26,29). The van der Waals surface area contributed by atoms with Gasteiger partial charge in [0.15, 0.2) is 0 Å². The Hall–Kier alpha value is -1.52. The number of carbonyl (C=O) groups excluding carboxylic acids is 1. The Kier molecular flexibility index (Phi) is 7.15. The van der Waals surface area contributed by atoms with Gasteiger partial charge in [0.05, 0.1) is 0 Å². The van der Waals surface area contributed by atoms with Crippen molar-refractivity contribution < 1.29 is 4.79 Å². The number of amides is 1. The summed E-state index contributed by atoms with van der Waals surface area (Å²) < 4.78 is 0. The molecule has 5 heteroatoms. The van der Waals surface area contributed by atoms with Crippen LogP contribution >= 0.6 is 11.6 Å². The summed E-state index contributed by atoms with van der Waals surface area (Å²) in [5, 5.41) is 4.08. The lowest BCUT2D eigenvalue weighted by atomic mass is 9.84. The van der Waals surface area contributed by atoms with Gasteiger partial charge in [-0.15, -0.1) is 0 Å². The van der Waals surface area contributed by atoms with E-state index in [1.807, 2.05) is 12.1 Å². The molecule has 1 aromatic carbocycles. The van der Waals surface area contributed by atoms with E-state index in [-0.39, 0.29) is 5.91 Å². The highest BCUT2D eigenvalue weighted by atomic mass is 35.5. The predicted molar refractivity (Wildman–Crippen MR) is 121 cm³/mol. The van der Waals surface area contributed by atoms with E-state index < -0.39 is 0 Å². The number of rotatable bonds is 6. The smallest absolute Gasteiger partial charge is 0.247 e. The third-order valence-corrected chi connectivity index (χ3v) is 7.18. The minimum Gasteiger partial charge on any atom is -0.369 e. The van der Waals surface area contributed by atoms with Crippen molar-refractivity contribution >= 4 is 23.2 Å². The predicted octanol–water partition coefficient (Wildman–Crippen LogP) is 4.64. The van der Waals surface area contributed by atoms with Crippen molar-refractivity contribution in [2.75, 3.05) is 37.6 Å². The number of benzene rings is 1. The van der Waals surface area contributed by atoms with Crippen molar-refractivity contribution in [1.82, 2.24) is 10.2 Å². The zero-order valence-corrected chi connectivity index (χ0v) is 18.2. The maximum atomic E-state index is 12.3. The van der Waals surface area contributed by atoms with Crippen LogP contribution in [-0.4, -0.2) is 49.6 Å². The van der Waals surface area contributed by atoms with Gasteiger partial charge in [0.1, 0.15) is 0 Å². The Morgan fingerprint density at radius 2 is 1.76 bits per heavy atom. The van der Waals surface area contributed by atoms with E-state index in [0.717, 1.165) is 74.8 Å². The van der Waals surface area contributed by atoms with Gasteiger partial charge in [-0.3, -0.25) is 9.69 Å². The molecule has 0 aromatic heterocycles. The van der Waals surface area contributed by atoms with E-state index in [1.54, 1.807) is 0 Å². The van der Waals surface area contributed by atoms with E-state index in [2.05, 4.69) is 33.3 Å². The third kappa shape index (κ3) is 5.76. The van der Waals surface area contributed by atoms with Crippen LogP contribution in [0.3, 0.4) is 0 Å². The SMILES string of the molecule is O=C(NC1CCC(CCN2CCN(c3ccc(Cl)cc3)CC2)CC1)C1=CCCC1. The molecule has 0 spiro atoms. The van der Waals surface area contributed by atoms with Crippen molar-refractivity contribution in [3.8, 4) is 0 Å². The average Bonchev–Trinajstić information content (AvgIpc) is 3.29. The Labute approximate surface area is 180 Å². The van der Waals surface area contributed by atoms with Gasteiger partial charge in [0, 0.05) is 48.5 Å². The molecule has 1 aromatic rings. The maximum absolute atomic E-state index is 12.3. The molecular weight excluding hydrogens is 382 g/mol. The highest BCUT2D eigenvalue weighted by Gasteiger charge is 2.25. The molecule has 29 heavy (non-hydrogen) atoms. The highest BCUT2D eigenvalue weighted by Crippen LogP contribution is 2.28. The van der Waals surface area contributed by atoms with Crippen molar-refractivity contribution in [3.63, 3.8) is 0 Å². The Bertz CT molecular complexity index is 701. The highest BCUT2D eigenvalue weighted by molar-refractivity contribution is 6.30. The quantitative estimate of drug-likeness (QED) is 0.735. The summed E-state index contributed by atoms with van der Waals surface area (Å²) >= 11 is 6.00. The minimum atomic E-state index is 0.199. The molecule has 1 heterocycles. The first-order valence-electron chi connectivity index (χ1n) is 11.4. The molecule has 1 aliphatic heterocycles. The van der Waals surface area contributed by atoms with Crippen molar-refractivity contribution in [1.29, 1.82) is 0 Å². The largest absolute Gasteiger partial charge is 0.369 e. The van der Waals surface area contributed by atoms with Crippen LogP contribution < -0.4 is 10.2 Å². The molecule has 0 radical (unpaired) electrons. The zero-order chi connectivity index (χ0) is 20.1. The van der Waals surface area contributed by atoms with Crippen molar-refractivity contribution in [2.24, 2.45) is 5.92 Å². The molecule has 0 unspecified atom stereocenters. The molecule has 0 bridgehead atoms. The molecule has 1 saturated carbocycles. The lowest BCUT2D eigenvalue weighted by molar-refractivity contribution is -0.118. The van der Waals surface area contributed by atoms with Crippen molar-refractivity contribution in [2.45, 2.75) is 57.4 Å². The molecule has 158 valence electrons. The maximum Gasteiger partial charge on any atom is 0.247 e. The van der Waals surface area contributed by atoms with Crippen LogP contribution in [-0.2, 0) is 4.79 Å². The van der Waals surface area contributed by atoms with Gasteiger partial charge in [-0.2, -0.15) is 0 Å². The van der Waals surface area contributed by atoms with E-state index in [9.17, 15) is 4.79 Å². The summed E-state index contributed by atoms with van der Waals surface area (Å²) in [5.74, 6) is 1.02. The zero-order valence-electron chi connectivity index (χ0n) is 17.4. The van der Waals surface area contributed by atoms with Crippen LogP contribution in [0, 0.1) is 5.92 Å². The molecule has 2 fully saturated rings. The monoisotopic (exact) mass is 415 g/mol. The van der Waals surface area contributed by atoms with E-state index in [0.29, 0.717) is 6.04 Å². The minimum absolute atomic E-state index is 0.199. The number of hydrogen-bond acceptors (Lipinski definition) is 3. The van der Waals surface area contributed by atoms with Gasteiger partial charge >= 0.3 is 0 Å². The lowest BCUT2D eigenvalue weighted by Gasteiger charge is -2.37. The fourth-order valence-corrected chi connectivity index (χ4v) is 5.12. The number of nitrogens with one attached hydrogen (secondary N) is 1. The van der Waals surface area contributed by atoms with Crippen molar-refractivity contribution in [3.05, 3.63) is 40.9 Å². The Morgan fingerprint density at radius 1 is 1.03 bits per heavy atom. The second-order valence-electron chi connectivity index (χ2n) is 8.91. The fourth-order valence-electron chi connectivity index (χ4n) is 5.00. The number of allylic oxidation sites excluding steroid dienone is 1. The summed E-state index contributed by atoms with van der Waals surface area (Å²) in [7, 11) is 0. The van der Waals surface area contributed by atoms with Crippen LogP contribution in [0.2, 0.25) is 5.02 Å². The summed E-state index contributed by atoms with van der Waals surface area (Å²) in [6.45, 7) is 5.68.